The van der Waals surface area contributed by atoms with E-state index in [1.165, 1.54) is 0 Å². The molecular formula is C13H27N3O2. The highest BCUT2D eigenvalue weighted by Crippen LogP contribution is 2.09. The highest BCUT2D eigenvalue weighted by Gasteiger charge is 2.28. The van der Waals surface area contributed by atoms with Gasteiger partial charge in [0.1, 0.15) is 0 Å². The van der Waals surface area contributed by atoms with E-state index in [9.17, 15) is 4.79 Å². The topological polar surface area (TPSA) is 53.6 Å². The van der Waals surface area contributed by atoms with Crippen LogP contribution >= 0.6 is 0 Å². The van der Waals surface area contributed by atoms with Crippen LogP contribution in [-0.2, 0) is 9.53 Å². The van der Waals surface area contributed by atoms with Crippen LogP contribution < -0.4 is 10.6 Å². The summed E-state index contributed by atoms with van der Waals surface area (Å²) in [5.74, 6) is 0.106. The summed E-state index contributed by atoms with van der Waals surface area (Å²) in [5.41, 5.74) is 0. The molecule has 0 aromatic carbocycles. The molecule has 0 radical (unpaired) electrons. The maximum Gasteiger partial charge on any atom is 0.237 e. The maximum absolute atomic E-state index is 11.8. The lowest BCUT2D eigenvalue weighted by molar-refractivity contribution is -0.122. The number of nitrogens with one attached hydrogen (secondary N) is 2. The predicted octanol–water partition coefficient (Wildman–Crippen LogP) is 0.211. The van der Waals surface area contributed by atoms with Crippen LogP contribution in [0.3, 0.4) is 0 Å². The molecule has 5 heteroatoms. The lowest BCUT2D eigenvalue weighted by Gasteiger charge is -2.18. The van der Waals surface area contributed by atoms with Gasteiger partial charge in [0.05, 0.1) is 12.1 Å². The van der Waals surface area contributed by atoms with Gasteiger partial charge < -0.3 is 20.3 Å². The Morgan fingerprint density at radius 3 is 2.72 bits per heavy atom. The molecule has 0 saturated carbocycles. The van der Waals surface area contributed by atoms with Crippen molar-refractivity contribution in [3.05, 3.63) is 0 Å². The molecule has 2 N–H and O–H groups in total. The molecule has 2 unspecified atom stereocenters. The summed E-state index contributed by atoms with van der Waals surface area (Å²) in [5, 5.41) is 6.17. The van der Waals surface area contributed by atoms with Crippen molar-refractivity contribution in [3.8, 4) is 0 Å². The van der Waals surface area contributed by atoms with Gasteiger partial charge in [-0.3, -0.25) is 4.79 Å². The molecule has 0 bridgehead atoms. The maximum atomic E-state index is 11.8. The van der Waals surface area contributed by atoms with Crippen LogP contribution in [-0.4, -0.2) is 62.8 Å². The molecule has 1 fully saturated rings. The number of methoxy groups -OCH3 is 1. The van der Waals surface area contributed by atoms with Gasteiger partial charge in [0.15, 0.2) is 0 Å². The molecule has 1 heterocycles. The van der Waals surface area contributed by atoms with Gasteiger partial charge in [-0.25, -0.2) is 0 Å². The molecule has 0 aromatic heterocycles. The third-order valence-corrected chi connectivity index (χ3v) is 3.59. The van der Waals surface area contributed by atoms with E-state index in [-0.39, 0.29) is 18.1 Å². The van der Waals surface area contributed by atoms with E-state index >= 15 is 0 Å². The van der Waals surface area contributed by atoms with Gasteiger partial charge in [-0.2, -0.15) is 0 Å². The van der Waals surface area contributed by atoms with Gasteiger partial charge >= 0.3 is 0 Å². The van der Waals surface area contributed by atoms with Crippen molar-refractivity contribution in [1.82, 2.24) is 15.5 Å². The second kappa shape index (κ2) is 8.45. The van der Waals surface area contributed by atoms with Crippen LogP contribution in [0.1, 0.15) is 26.7 Å². The molecule has 106 valence electrons. The van der Waals surface area contributed by atoms with E-state index in [1.807, 2.05) is 0 Å². The molecule has 0 aliphatic carbocycles. The van der Waals surface area contributed by atoms with Crippen molar-refractivity contribution in [2.45, 2.75) is 38.8 Å². The molecule has 2 atom stereocenters. The number of hydrogen-bond acceptors (Lipinski definition) is 4. The van der Waals surface area contributed by atoms with Crippen LogP contribution in [0.5, 0.6) is 0 Å². The SMILES string of the molecule is CCN(CC)CCCNC(=O)C1CC(OC)CN1. The molecule has 1 amide bonds. The Hall–Kier alpha value is -0.650. The number of hydrogen-bond donors (Lipinski definition) is 2. The van der Waals surface area contributed by atoms with Gasteiger partial charge in [-0.15, -0.1) is 0 Å². The number of amides is 1. The van der Waals surface area contributed by atoms with Gasteiger partial charge in [0.2, 0.25) is 5.91 Å². The molecule has 1 aliphatic rings. The van der Waals surface area contributed by atoms with Gasteiger partial charge in [0.25, 0.3) is 0 Å². The number of ether oxygens (including phenoxy) is 1. The second-order valence-corrected chi connectivity index (χ2v) is 4.73. The highest BCUT2D eigenvalue weighted by molar-refractivity contribution is 5.82. The molecule has 0 spiro atoms. The Labute approximate surface area is 110 Å². The fourth-order valence-corrected chi connectivity index (χ4v) is 2.26. The Balaban J connectivity index is 2.10. The van der Waals surface area contributed by atoms with Gasteiger partial charge in [-0.05, 0) is 32.5 Å². The molecule has 0 aromatic rings. The minimum atomic E-state index is -0.0802. The fraction of sp³-hybridized carbons (Fsp3) is 0.923. The van der Waals surface area contributed by atoms with Crippen LogP contribution in [0.4, 0.5) is 0 Å². The summed E-state index contributed by atoms with van der Waals surface area (Å²) < 4.78 is 5.23. The number of rotatable bonds is 8. The van der Waals surface area contributed by atoms with E-state index in [4.69, 9.17) is 4.74 Å². The van der Waals surface area contributed by atoms with E-state index in [0.29, 0.717) is 0 Å². The van der Waals surface area contributed by atoms with Crippen molar-refractivity contribution in [2.24, 2.45) is 0 Å². The first kappa shape index (κ1) is 15.4. The Bertz CT molecular complexity index is 244. The smallest absolute Gasteiger partial charge is 0.237 e. The molecule has 18 heavy (non-hydrogen) atoms. The van der Waals surface area contributed by atoms with E-state index in [2.05, 4.69) is 29.4 Å². The zero-order valence-corrected chi connectivity index (χ0v) is 11.9. The van der Waals surface area contributed by atoms with Crippen molar-refractivity contribution >= 4 is 5.91 Å². The van der Waals surface area contributed by atoms with Crippen molar-refractivity contribution in [3.63, 3.8) is 0 Å². The molecular weight excluding hydrogens is 230 g/mol. The Morgan fingerprint density at radius 1 is 1.44 bits per heavy atom. The van der Waals surface area contributed by atoms with Crippen LogP contribution in [0.2, 0.25) is 0 Å². The van der Waals surface area contributed by atoms with E-state index < -0.39 is 0 Å². The average molecular weight is 257 g/mol. The van der Waals surface area contributed by atoms with Crippen molar-refractivity contribution < 1.29 is 9.53 Å². The van der Waals surface area contributed by atoms with Crippen LogP contribution in [0, 0.1) is 0 Å². The second-order valence-electron chi connectivity index (χ2n) is 4.73. The van der Waals surface area contributed by atoms with Gasteiger partial charge in [0, 0.05) is 20.2 Å². The average Bonchev–Trinajstić information content (AvgIpc) is 2.87. The lowest BCUT2D eigenvalue weighted by atomic mass is 10.2. The number of carbonyl (C=O) groups excluding carboxylic acids is 1. The standard InChI is InChI=1S/C13H27N3O2/c1-4-16(5-2)8-6-7-14-13(17)12-9-11(18-3)10-15-12/h11-12,15H,4-10H2,1-3H3,(H,14,17). The van der Waals surface area contributed by atoms with E-state index in [0.717, 1.165) is 45.6 Å². The molecule has 1 rings (SSSR count). The molecule has 1 saturated heterocycles. The molecule has 1 aliphatic heterocycles. The van der Waals surface area contributed by atoms with Crippen molar-refractivity contribution in [2.75, 3.05) is 39.8 Å². The monoisotopic (exact) mass is 257 g/mol. The first-order chi connectivity index (χ1) is 8.71. The summed E-state index contributed by atoms with van der Waals surface area (Å²) in [6.45, 7) is 9.05. The number of nitrogens with zero attached hydrogens (tertiary/aromatic N) is 1. The fourth-order valence-electron chi connectivity index (χ4n) is 2.26. The molecule has 5 nitrogen and oxygen atoms in total. The first-order valence-electron chi connectivity index (χ1n) is 6.97. The summed E-state index contributed by atoms with van der Waals surface area (Å²) in [6.07, 6.45) is 1.96. The third-order valence-electron chi connectivity index (χ3n) is 3.59. The Kier molecular flexibility index (Phi) is 7.23. The summed E-state index contributed by atoms with van der Waals surface area (Å²) in [6, 6.07) is -0.0802. The van der Waals surface area contributed by atoms with Crippen LogP contribution in [0.25, 0.3) is 0 Å². The lowest BCUT2D eigenvalue weighted by Crippen LogP contribution is -2.41. The van der Waals surface area contributed by atoms with E-state index in [1.54, 1.807) is 7.11 Å². The van der Waals surface area contributed by atoms with Crippen LogP contribution in [0.15, 0.2) is 0 Å². The first-order valence-corrected chi connectivity index (χ1v) is 6.97. The number of carbonyl (C=O) groups is 1. The van der Waals surface area contributed by atoms with Gasteiger partial charge in [-0.1, -0.05) is 13.8 Å². The quantitative estimate of drug-likeness (QED) is 0.611. The minimum absolute atomic E-state index is 0.0802. The summed E-state index contributed by atoms with van der Waals surface area (Å²) in [7, 11) is 1.69. The minimum Gasteiger partial charge on any atom is -0.380 e. The third kappa shape index (κ3) is 4.92. The normalized spacial score (nSPS) is 23.6. The summed E-state index contributed by atoms with van der Waals surface area (Å²) >= 11 is 0. The predicted molar refractivity (Wildman–Crippen MR) is 72.6 cm³/mol. The van der Waals surface area contributed by atoms with Crippen molar-refractivity contribution in [1.29, 1.82) is 0 Å². The summed E-state index contributed by atoms with van der Waals surface area (Å²) in [4.78, 5) is 14.2. The largest absolute Gasteiger partial charge is 0.380 e. The zero-order chi connectivity index (χ0) is 13.4. The highest BCUT2D eigenvalue weighted by atomic mass is 16.5. The zero-order valence-electron chi connectivity index (χ0n) is 11.9. The Morgan fingerprint density at radius 2 is 2.17 bits per heavy atom.